The second-order valence-corrected chi connectivity index (χ2v) is 6.63. The Balaban J connectivity index is 2.16. The Bertz CT molecular complexity index is 648. The van der Waals surface area contributed by atoms with Gasteiger partial charge in [0.2, 0.25) is 0 Å². The number of hydrogen-bond acceptors (Lipinski definition) is 2. The van der Waals surface area contributed by atoms with Crippen LogP contribution in [0.25, 0.3) is 0 Å². The number of ketones is 1. The molecule has 1 aromatic heterocycles. The van der Waals surface area contributed by atoms with E-state index in [1.807, 2.05) is 26.0 Å². The number of aryl methyl sites for hydroxylation is 2. The first kappa shape index (κ1) is 15.4. The minimum absolute atomic E-state index is 0.128. The fraction of sp³-hybridized carbons (Fsp3) is 0.368. The Labute approximate surface area is 127 Å². The molecule has 0 unspecified atom stereocenters. The molecule has 0 radical (unpaired) electrons. The van der Waals surface area contributed by atoms with Crippen LogP contribution in [0.4, 0.5) is 0 Å². The minimum atomic E-state index is 0.128. The Morgan fingerprint density at radius 3 is 2.14 bits per heavy atom. The maximum absolute atomic E-state index is 12.4. The van der Waals surface area contributed by atoms with Crippen molar-refractivity contribution in [1.82, 2.24) is 4.98 Å². The van der Waals surface area contributed by atoms with Crippen molar-refractivity contribution in [2.45, 2.75) is 46.5 Å². The molecule has 21 heavy (non-hydrogen) atoms. The fourth-order valence-corrected chi connectivity index (χ4v) is 2.38. The smallest absolute Gasteiger partial charge is 0.169 e. The number of Topliss-reactive ketones (excluding diaryl/α,β-unsaturated/α-hetero) is 1. The van der Waals surface area contributed by atoms with Crippen LogP contribution in [0.5, 0.6) is 0 Å². The van der Waals surface area contributed by atoms with Crippen molar-refractivity contribution in [2.24, 2.45) is 0 Å². The summed E-state index contributed by atoms with van der Waals surface area (Å²) in [5, 5.41) is 0. The molecule has 0 fully saturated rings. The van der Waals surface area contributed by atoms with Gasteiger partial charge in [-0.2, -0.15) is 0 Å². The SMILES string of the molecule is Cc1ccc(C(=O)Cc2ccc(C(C)(C)C)cc2)c(C)n1. The van der Waals surface area contributed by atoms with E-state index in [0.29, 0.717) is 6.42 Å². The zero-order chi connectivity index (χ0) is 15.6. The van der Waals surface area contributed by atoms with Crippen LogP contribution >= 0.6 is 0 Å². The molecule has 110 valence electrons. The standard InChI is InChI=1S/C19H23NO/c1-13-6-11-17(14(2)20-13)18(21)12-15-7-9-16(10-8-15)19(3,4)5/h6-11H,12H2,1-5H3. The summed E-state index contributed by atoms with van der Waals surface area (Å²) in [6.45, 7) is 10.4. The average molecular weight is 281 g/mol. The monoisotopic (exact) mass is 281 g/mol. The van der Waals surface area contributed by atoms with E-state index in [9.17, 15) is 4.79 Å². The molecule has 2 nitrogen and oxygen atoms in total. The third-order valence-electron chi connectivity index (χ3n) is 3.71. The summed E-state index contributed by atoms with van der Waals surface area (Å²) in [6.07, 6.45) is 0.427. The molecule has 0 bridgehead atoms. The molecule has 0 aliphatic heterocycles. The third kappa shape index (κ3) is 3.78. The largest absolute Gasteiger partial charge is 0.294 e. The lowest BCUT2D eigenvalue weighted by Gasteiger charge is -2.19. The van der Waals surface area contributed by atoms with Crippen LogP contribution in [-0.4, -0.2) is 10.8 Å². The van der Waals surface area contributed by atoms with E-state index in [-0.39, 0.29) is 11.2 Å². The number of carbonyl (C=O) groups excluding carboxylic acids is 1. The van der Waals surface area contributed by atoms with Gasteiger partial charge in [0.05, 0.1) is 0 Å². The molecule has 0 atom stereocenters. The normalized spacial score (nSPS) is 11.5. The molecule has 0 saturated carbocycles. The minimum Gasteiger partial charge on any atom is -0.294 e. The zero-order valence-corrected chi connectivity index (χ0v) is 13.5. The van der Waals surface area contributed by atoms with Crippen LogP contribution in [0, 0.1) is 13.8 Å². The van der Waals surface area contributed by atoms with Gasteiger partial charge in [-0.05, 0) is 42.5 Å². The first-order valence-electron chi connectivity index (χ1n) is 7.34. The lowest BCUT2D eigenvalue weighted by atomic mass is 9.86. The predicted molar refractivity (Wildman–Crippen MR) is 86.9 cm³/mol. The Morgan fingerprint density at radius 1 is 1.00 bits per heavy atom. The van der Waals surface area contributed by atoms with E-state index in [4.69, 9.17) is 0 Å². The molecule has 0 spiro atoms. The van der Waals surface area contributed by atoms with Gasteiger partial charge in [-0.3, -0.25) is 9.78 Å². The van der Waals surface area contributed by atoms with Crippen molar-refractivity contribution in [3.05, 3.63) is 64.5 Å². The zero-order valence-electron chi connectivity index (χ0n) is 13.5. The third-order valence-corrected chi connectivity index (χ3v) is 3.71. The van der Waals surface area contributed by atoms with Crippen LogP contribution in [0.1, 0.15) is 53.6 Å². The van der Waals surface area contributed by atoms with Gasteiger partial charge in [0.25, 0.3) is 0 Å². The maximum Gasteiger partial charge on any atom is 0.169 e. The van der Waals surface area contributed by atoms with Gasteiger partial charge < -0.3 is 0 Å². The van der Waals surface area contributed by atoms with Crippen molar-refractivity contribution in [3.63, 3.8) is 0 Å². The van der Waals surface area contributed by atoms with Crippen LogP contribution in [0.2, 0.25) is 0 Å². The molecular formula is C19H23NO. The fourth-order valence-electron chi connectivity index (χ4n) is 2.38. The number of rotatable bonds is 3. The molecule has 0 amide bonds. The second-order valence-electron chi connectivity index (χ2n) is 6.63. The summed E-state index contributed by atoms with van der Waals surface area (Å²) in [5.74, 6) is 0.128. The molecule has 2 aromatic rings. The van der Waals surface area contributed by atoms with Crippen molar-refractivity contribution in [1.29, 1.82) is 0 Å². The average Bonchev–Trinajstić information content (AvgIpc) is 2.38. The number of hydrogen-bond donors (Lipinski definition) is 0. The lowest BCUT2D eigenvalue weighted by Crippen LogP contribution is -2.11. The van der Waals surface area contributed by atoms with Crippen molar-refractivity contribution in [3.8, 4) is 0 Å². The van der Waals surface area contributed by atoms with E-state index in [0.717, 1.165) is 22.5 Å². The topological polar surface area (TPSA) is 30.0 Å². The molecule has 0 saturated heterocycles. The van der Waals surface area contributed by atoms with E-state index in [1.54, 1.807) is 0 Å². The van der Waals surface area contributed by atoms with Crippen LogP contribution in [0.3, 0.4) is 0 Å². The number of carbonyl (C=O) groups is 1. The van der Waals surface area contributed by atoms with E-state index in [2.05, 4.69) is 50.0 Å². The Morgan fingerprint density at radius 2 is 1.62 bits per heavy atom. The van der Waals surface area contributed by atoms with Gasteiger partial charge in [0, 0.05) is 23.4 Å². The molecule has 2 rings (SSSR count). The van der Waals surface area contributed by atoms with E-state index < -0.39 is 0 Å². The quantitative estimate of drug-likeness (QED) is 0.779. The summed E-state index contributed by atoms with van der Waals surface area (Å²) in [5.41, 5.74) is 4.95. The molecule has 2 heteroatoms. The molecule has 1 aromatic carbocycles. The van der Waals surface area contributed by atoms with Gasteiger partial charge in [-0.15, -0.1) is 0 Å². The molecule has 1 heterocycles. The van der Waals surface area contributed by atoms with Crippen LogP contribution in [-0.2, 0) is 11.8 Å². The second kappa shape index (κ2) is 5.80. The highest BCUT2D eigenvalue weighted by molar-refractivity contribution is 5.98. The van der Waals surface area contributed by atoms with Crippen LogP contribution < -0.4 is 0 Å². The first-order chi connectivity index (χ1) is 9.77. The number of aromatic nitrogens is 1. The Kier molecular flexibility index (Phi) is 4.26. The summed E-state index contributed by atoms with van der Waals surface area (Å²) >= 11 is 0. The van der Waals surface area contributed by atoms with Gasteiger partial charge in [-0.25, -0.2) is 0 Å². The van der Waals surface area contributed by atoms with Crippen molar-refractivity contribution in [2.75, 3.05) is 0 Å². The summed E-state index contributed by atoms with van der Waals surface area (Å²) in [4.78, 5) is 16.7. The highest BCUT2D eigenvalue weighted by atomic mass is 16.1. The molecule has 0 N–H and O–H groups in total. The van der Waals surface area contributed by atoms with Crippen LogP contribution in [0.15, 0.2) is 36.4 Å². The number of nitrogens with zero attached hydrogens (tertiary/aromatic N) is 1. The van der Waals surface area contributed by atoms with Crippen molar-refractivity contribution >= 4 is 5.78 Å². The van der Waals surface area contributed by atoms with Gasteiger partial charge in [-0.1, -0.05) is 45.0 Å². The molecular weight excluding hydrogens is 258 g/mol. The van der Waals surface area contributed by atoms with E-state index >= 15 is 0 Å². The summed E-state index contributed by atoms with van der Waals surface area (Å²) < 4.78 is 0. The van der Waals surface area contributed by atoms with Gasteiger partial charge in [0.15, 0.2) is 5.78 Å². The summed E-state index contributed by atoms with van der Waals surface area (Å²) in [6, 6.07) is 12.1. The maximum atomic E-state index is 12.4. The summed E-state index contributed by atoms with van der Waals surface area (Å²) in [7, 11) is 0. The highest BCUT2D eigenvalue weighted by Crippen LogP contribution is 2.22. The van der Waals surface area contributed by atoms with E-state index in [1.165, 1.54) is 5.56 Å². The molecule has 0 aliphatic carbocycles. The number of benzene rings is 1. The predicted octanol–water partition coefficient (Wildman–Crippen LogP) is 4.42. The molecule has 0 aliphatic rings. The van der Waals surface area contributed by atoms with Gasteiger partial charge >= 0.3 is 0 Å². The Hall–Kier alpha value is -1.96. The first-order valence-corrected chi connectivity index (χ1v) is 7.34. The lowest BCUT2D eigenvalue weighted by molar-refractivity contribution is 0.0992. The van der Waals surface area contributed by atoms with Crippen molar-refractivity contribution < 1.29 is 4.79 Å². The van der Waals surface area contributed by atoms with Gasteiger partial charge in [0.1, 0.15) is 0 Å². The number of pyridine rings is 1. The highest BCUT2D eigenvalue weighted by Gasteiger charge is 2.14.